The van der Waals surface area contributed by atoms with Crippen molar-refractivity contribution in [3.8, 4) is 5.69 Å². The topological polar surface area (TPSA) is 106 Å². The van der Waals surface area contributed by atoms with Gasteiger partial charge >= 0.3 is 5.69 Å². The Morgan fingerprint density at radius 2 is 1.89 bits per heavy atom. The zero-order valence-electron chi connectivity index (χ0n) is 21.2. The van der Waals surface area contributed by atoms with E-state index in [2.05, 4.69) is 49.8 Å². The summed E-state index contributed by atoms with van der Waals surface area (Å²) < 4.78 is 32.1. The van der Waals surface area contributed by atoms with Gasteiger partial charge < -0.3 is 10.6 Å². The van der Waals surface area contributed by atoms with Crippen molar-refractivity contribution >= 4 is 17.5 Å². The lowest BCUT2D eigenvalue weighted by Crippen LogP contribution is -2.50. The van der Waals surface area contributed by atoms with Crippen LogP contribution in [0.25, 0.3) is 5.69 Å². The first-order valence-electron chi connectivity index (χ1n) is 12.9. The Morgan fingerprint density at radius 3 is 2.62 bits per heavy atom. The molecule has 2 saturated heterocycles. The summed E-state index contributed by atoms with van der Waals surface area (Å²) in [5, 5.41) is 13.8. The molecule has 6 rings (SSSR count). The Balaban J connectivity index is 1.24. The van der Waals surface area contributed by atoms with Crippen molar-refractivity contribution in [1.82, 2.24) is 34.7 Å². The van der Waals surface area contributed by atoms with Crippen LogP contribution in [0, 0.1) is 11.6 Å². The smallest absolute Gasteiger partial charge is 0.365 e. The van der Waals surface area contributed by atoms with E-state index in [9.17, 15) is 9.18 Å². The molecule has 0 radical (unpaired) electrons. The molecule has 12 heteroatoms. The molecule has 1 aromatic carbocycles. The Labute approximate surface area is 213 Å². The molecule has 37 heavy (non-hydrogen) atoms. The molecule has 0 amide bonds. The molecule has 10 nitrogen and oxygen atoms in total. The second-order valence-electron chi connectivity index (χ2n) is 11.0. The SMILES string of the molecule is Cn1nnn(-c2cc(Nc3ncc(F)c(N[C@H]4CCN5[C@@H](CCC5(C)C)C4)n3)c(F)cc2C2CC2)c1=O. The van der Waals surface area contributed by atoms with Crippen molar-refractivity contribution < 1.29 is 8.78 Å². The minimum Gasteiger partial charge on any atom is -0.365 e. The zero-order valence-corrected chi connectivity index (χ0v) is 21.2. The fourth-order valence-corrected chi connectivity index (χ4v) is 5.80. The summed E-state index contributed by atoms with van der Waals surface area (Å²) in [4.78, 5) is 23.4. The van der Waals surface area contributed by atoms with Gasteiger partial charge in [-0.15, -0.1) is 0 Å². The summed E-state index contributed by atoms with van der Waals surface area (Å²) >= 11 is 0. The van der Waals surface area contributed by atoms with E-state index < -0.39 is 17.3 Å². The average Bonchev–Trinajstić information content (AvgIpc) is 3.60. The third-order valence-corrected chi connectivity index (χ3v) is 8.00. The van der Waals surface area contributed by atoms with E-state index in [1.165, 1.54) is 19.2 Å². The first kappa shape index (κ1) is 24.0. The number of fused-ring (bicyclic) bond motifs is 1. The normalized spacial score (nSPS) is 23.2. The predicted molar refractivity (Wildman–Crippen MR) is 134 cm³/mol. The fraction of sp³-hybridized carbons (Fsp3) is 0.560. The number of aromatic nitrogens is 6. The van der Waals surface area contributed by atoms with Crippen LogP contribution >= 0.6 is 0 Å². The van der Waals surface area contributed by atoms with Crippen LogP contribution in [0.5, 0.6) is 0 Å². The minimum absolute atomic E-state index is 0.0545. The number of benzene rings is 1. The van der Waals surface area contributed by atoms with Gasteiger partial charge in [-0.05, 0) is 86.4 Å². The number of aryl methyl sites for hydroxylation is 1. The Morgan fingerprint density at radius 1 is 1.08 bits per heavy atom. The van der Waals surface area contributed by atoms with E-state index >= 15 is 4.39 Å². The highest BCUT2D eigenvalue weighted by atomic mass is 19.1. The second-order valence-corrected chi connectivity index (χ2v) is 11.0. The third-order valence-electron chi connectivity index (χ3n) is 8.00. The lowest BCUT2D eigenvalue weighted by molar-refractivity contribution is 0.0920. The molecular formula is C25H31F2N9O. The molecule has 1 saturated carbocycles. The molecule has 2 aliphatic heterocycles. The highest BCUT2D eigenvalue weighted by Crippen LogP contribution is 2.44. The first-order chi connectivity index (χ1) is 17.7. The summed E-state index contributed by atoms with van der Waals surface area (Å²) in [6, 6.07) is 3.50. The maximum absolute atomic E-state index is 15.1. The number of hydrogen-bond donors (Lipinski definition) is 2. The van der Waals surface area contributed by atoms with Crippen LogP contribution in [0.4, 0.5) is 26.2 Å². The van der Waals surface area contributed by atoms with Crippen LogP contribution in [0.1, 0.15) is 63.9 Å². The van der Waals surface area contributed by atoms with Crippen molar-refractivity contribution in [3.05, 3.63) is 46.0 Å². The van der Waals surface area contributed by atoms with Gasteiger partial charge in [0.2, 0.25) is 5.95 Å². The first-order valence-corrected chi connectivity index (χ1v) is 12.9. The summed E-state index contributed by atoms with van der Waals surface area (Å²) in [5.41, 5.74) is 1.00. The molecule has 3 aliphatic rings. The molecule has 3 fully saturated rings. The number of halogens is 2. The molecule has 0 unspecified atom stereocenters. The Hall–Kier alpha value is -3.41. The van der Waals surface area contributed by atoms with Crippen LogP contribution in [0.3, 0.4) is 0 Å². The van der Waals surface area contributed by atoms with Gasteiger partial charge in [-0.3, -0.25) is 4.90 Å². The number of hydrogen-bond acceptors (Lipinski definition) is 8. The molecule has 3 aromatic rings. The van der Waals surface area contributed by atoms with Crippen LogP contribution in [0.15, 0.2) is 23.1 Å². The summed E-state index contributed by atoms with van der Waals surface area (Å²) in [7, 11) is 1.50. The Kier molecular flexibility index (Phi) is 5.74. The number of nitrogens with one attached hydrogen (secondary N) is 2. The summed E-state index contributed by atoms with van der Waals surface area (Å²) in [6.45, 7) is 5.52. The van der Waals surface area contributed by atoms with Crippen molar-refractivity contribution in [2.75, 3.05) is 17.2 Å². The van der Waals surface area contributed by atoms with Crippen LogP contribution in [0.2, 0.25) is 0 Å². The van der Waals surface area contributed by atoms with Gasteiger partial charge in [0.05, 0.1) is 17.6 Å². The number of anilines is 3. The van der Waals surface area contributed by atoms with E-state index in [-0.39, 0.29) is 35.0 Å². The Bertz CT molecular complexity index is 1400. The molecule has 0 spiro atoms. The molecule has 196 valence electrons. The zero-order chi connectivity index (χ0) is 25.9. The number of rotatable bonds is 6. The van der Waals surface area contributed by atoms with Crippen molar-refractivity contribution in [2.45, 2.75) is 75.9 Å². The molecular weight excluding hydrogens is 480 g/mol. The van der Waals surface area contributed by atoms with Gasteiger partial charge in [-0.25, -0.2) is 18.6 Å². The standard InChI is InChI=1S/C25H31F2N9O/c1-25(2)8-6-16-10-15(7-9-35(16)25)29-22-19(27)13-28-23(31-22)30-20-12-21(36-24(37)34(3)32-33-36)17(11-18(20)26)14-4-5-14/h11-16H,4-10H2,1-3H3,(H2,28,29,30,31)/t15-,16-/m0/s1. The monoisotopic (exact) mass is 511 g/mol. The summed E-state index contributed by atoms with van der Waals surface area (Å²) in [6.07, 6.45) is 7.02. The molecule has 2 atom stereocenters. The van der Waals surface area contributed by atoms with E-state index in [1.807, 2.05) is 0 Å². The third kappa shape index (κ3) is 4.47. The molecule has 2 aromatic heterocycles. The maximum atomic E-state index is 15.1. The number of piperidine rings is 1. The highest BCUT2D eigenvalue weighted by molar-refractivity contribution is 5.62. The lowest BCUT2D eigenvalue weighted by atomic mass is 9.97. The molecule has 1 aliphatic carbocycles. The van der Waals surface area contributed by atoms with Crippen molar-refractivity contribution in [3.63, 3.8) is 0 Å². The van der Waals surface area contributed by atoms with Crippen molar-refractivity contribution in [2.24, 2.45) is 7.05 Å². The summed E-state index contributed by atoms with van der Waals surface area (Å²) in [5.74, 6) is -0.757. The van der Waals surface area contributed by atoms with E-state index in [0.29, 0.717) is 17.3 Å². The van der Waals surface area contributed by atoms with Gasteiger partial charge in [0, 0.05) is 31.2 Å². The molecule has 0 bridgehead atoms. The van der Waals surface area contributed by atoms with Gasteiger partial charge in [0.25, 0.3) is 0 Å². The fourth-order valence-electron chi connectivity index (χ4n) is 5.80. The van der Waals surface area contributed by atoms with E-state index in [0.717, 1.165) is 60.6 Å². The van der Waals surface area contributed by atoms with Gasteiger partial charge in [-0.2, -0.15) is 14.3 Å². The highest BCUT2D eigenvalue weighted by Gasteiger charge is 2.42. The van der Waals surface area contributed by atoms with Gasteiger partial charge in [-0.1, -0.05) is 0 Å². The largest absolute Gasteiger partial charge is 0.368 e. The predicted octanol–water partition coefficient (Wildman–Crippen LogP) is 3.47. The molecule has 2 N–H and O–H groups in total. The number of nitrogens with zero attached hydrogens (tertiary/aromatic N) is 7. The van der Waals surface area contributed by atoms with Crippen LogP contribution in [-0.2, 0) is 7.05 Å². The van der Waals surface area contributed by atoms with E-state index in [4.69, 9.17) is 0 Å². The van der Waals surface area contributed by atoms with Gasteiger partial charge in [0.15, 0.2) is 11.6 Å². The minimum atomic E-state index is -0.559. The van der Waals surface area contributed by atoms with Crippen molar-refractivity contribution in [1.29, 1.82) is 0 Å². The van der Waals surface area contributed by atoms with Crippen LogP contribution in [-0.4, -0.2) is 58.8 Å². The average molecular weight is 512 g/mol. The number of tetrazole rings is 1. The van der Waals surface area contributed by atoms with Gasteiger partial charge in [0.1, 0.15) is 5.82 Å². The second kappa shape index (κ2) is 8.86. The molecule has 4 heterocycles. The maximum Gasteiger partial charge on any atom is 0.368 e. The van der Waals surface area contributed by atoms with Crippen LogP contribution < -0.4 is 16.3 Å². The lowest BCUT2D eigenvalue weighted by Gasteiger charge is -2.42. The van der Waals surface area contributed by atoms with E-state index in [1.54, 1.807) is 0 Å². The quantitative estimate of drug-likeness (QED) is 0.518.